The van der Waals surface area contributed by atoms with Gasteiger partial charge in [-0.25, -0.2) is 9.78 Å². The van der Waals surface area contributed by atoms with Crippen LogP contribution in [0.5, 0.6) is 0 Å². The number of nitrogens with zero attached hydrogens (tertiary/aromatic N) is 2. The lowest BCUT2D eigenvalue weighted by Crippen LogP contribution is -2.25. The van der Waals surface area contributed by atoms with Crippen LogP contribution in [-0.2, 0) is 13.0 Å². The summed E-state index contributed by atoms with van der Waals surface area (Å²) in [7, 11) is 0. The lowest BCUT2D eigenvalue weighted by Gasteiger charge is -2.10. The molecule has 3 heterocycles. The first-order chi connectivity index (χ1) is 13.5. The second-order valence-corrected chi connectivity index (χ2v) is 7.47. The zero-order chi connectivity index (χ0) is 19.8. The van der Waals surface area contributed by atoms with E-state index in [9.17, 15) is 9.59 Å². The van der Waals surface area contributed by atoms with Gasteiger partial charge in [-0.05, 0) is 29.8 Å². The topological polar surface area (TPSA) is 85.3 Å². The highest BCUT2D eigenvalue weighted by Gasteiger charge is 2.18. The molecule has 0 bridgehead atoms. The smallest absolute Gasteiger partial charge is 0.371 e. The molecular formula is C20H15ClN2O4S. The van der Waals surface area contributed by atoms with Crippen molar-refractivity contribution < 1.29 is 14.3 Å². The van der Waals surface area contributed by atoms with E-state index >= 15 is 0 Å². The summed E-state index contributed by atoms with van der Waals surface area (Å²) in [4.78, 5) is 29.7. The minimum atomic E-state index is -1.15. The molecule has 142 valence electrons. The summed E-state index contributed by atoms with van der Waals surface area (Å²) in [6.07, 6.45) is 0.561. The molecule has 1 N–H and O–H groups in total. The Labute approximate surface area is 168 Å². The number of aromatic carboxylic acids is 1. The van der Waals surface area contributed by atoms with Gasteiger partial charge in [-0.1, -0.05) is 30.7 Å². The van der Waals surface area contributed by atoms with Crippen LogP contribution in [0.15, 0.2) is 51.0 Å². The SMILES string of the molecule is CCc1nc2scc(-c3ccc(Cl)cc3)c2c(=O)n1Cc1ccc(C(=O)O)o1. The third-order valence-corrected chi connectivity index (χ3v) is 5.55. The molecule has 0 radical (unpaired) electrons. The van der Waals surface area contributed by atoms with Gasteiger partial charge >= 0.3 is 5.97 Å². The molecule has 4 aromatic rings. The minimum Gasteiger partial charge on any atom is -0.475 e. The van der Waals surface area contributed by atoms with Crippen molar-refractivity contribution in [2.45, 2.75) is 19.9 Å². The maximum Gasteiger partial charge on any atom is 0.371 e. The van der Waals surface area contributed by atoms with E-state index in [1.54, 1.807) is 22.8 Å². The maximum atomic E-state index is 13.3. The maximum absolute atomic E-state index is 13.3. The van der Waals surface area contributed by atoms with Crippen molar-refractivity contribution in [2.24, 2.45) is 0 Å². The van der Waals surface area contributed by atoms with E-state index in [4.69, 9.17) is 21.1 Å². The molecular weight excluding hydrogens is 400 g/mol. The van der Waals surface area contributed by atoms with E-state index in [2.05, 4.69) is 4.98 Å². The van der Waals surface area contributed by atoms with Crippen LogP contribution in [0.1, 0.15) is 29.1 Å². The number of aromatic nitrogens is 2. The number of aryl methyl sites for hydroxylation is 1. The molecule has 3 aromatic heterocycles. The third kappa shape index (κ3) is 3.23. The average Bonchev–Trinajstić information content (AvgIpc) is 3.32. The quantitative estimate of drug-likeness (QED) is 0.512. The molecule has 0 aliphatic rings. The second-order valence-electron chi connectivity index (χ2n) is 6.18. The Kier molecular flexibility index (Phi) is 4.78. The van der Waals surface area contributed by atoms with E-state index in [0.29, 0.717) is 33.2 Å². The molecule has 0 saturated heterocycles. The fourth-order valence-electron chi connectivity index (χ4n) is 3.07. The highest BCUT2D eigenvalue weighted by molar-refractivity contribution is 7.17. The predicted molar refractivity (Wildman–Crippen MR) is 108 cm³/mol. The standard InChI is InChI=1S/C20H15ClN2O4S/c1-2-16-22-18-17(14(10-28-18)11-3-5-12(21)6-4-11)19(24)23(16)9-13-7-8-15(27-13)20(25)26/h3-8,10H,2,9H2,1H3,(H,25,26). The molecule has 6 nitrogen and oxygen atoms in total. The van der Waals surface area contributed by atoms with Crippen molar-refractivity contribution in [1.29, 1.82) is 0 Å². The summed E-state index contributed by atoms with van der Waals surface area (Å²) < 4.78 is 6.87. The van der Waals surface area contributed by atoms with Gasteiger partial charge in [0.05, 0.1) is 11.9 Å². The number of halogens is 1. The molecule has 8 heteroatoms. The molecule has 0 atom stereocenters. The van der Waals surface area contributed by atoms with Crippen LogP contribution in [0.3, 0.4) is 0 Å². The molecule has 1 aromatic carbocycles. The molecule has 0 spiro atoms. The first-order valence-corrected chi connectivity index (χ1v) is 9.82. The molecule has 0 amide bonds. The van der Waals surface area contributed by atoms with E-state index < -0.39 is 5.97 Å². The van der Waals surface area contributed by atoms with E-state index in [1.807, 2.05) is 24.4 Å². The van der Waals surface area contributed by atoms with Gasteiger partial charge in [0.25, 0.3) is 5.56 Å². The molecule has 0 saturated carbocycles. The summed E-state index contributed by atoms with van der Waals surface area (Å²) in [5.74, 6) is -0.299. The summed E-state index contributed by atoms with van der Waals surface area (Å²) in [6.45, 7) is 2.04. The first-order valence-electron chi connectivity index (χ1n) is 8.56. The Morgan fingerprint density at radius 1 is 1.25 bits per heavy atom. The Morgan fingerprint density at radius 2 is 2.00 bits per heavy atom. The summed E-state index contributed by atoms with van der Waals surface area (Å²) in [5, 5.41) is 12.1. The van der Waals surface area contributed by atoms with Crippen LogP contribution in [0.4, 0.5) is 0 Å². The number of fused-ring (bicyclic) bond motifs is 1. The van der Waals surface area contributed by atoms with Crippen molar-refractivity contribution >= 4 is 39.1 Å². The predicted octanol–water partition coefficient (Wildman–Crippen LogP) is 4.68. The molecule has 4 rings (SSSR count). The highest BCUT2D eigenvalue weighted by Crippen LogP contribution is 2.31. The van der Waals surface area contributed by atoms with Crippen molar-refractivity contribution in [3.05, 3.63) is 74.5 Å². The number of hydrogen-bond donors (Lipinski definition) is 1. The summed E-state index contributed by atoms with van der Waals surface area (Å²) in [6, 6.07) is 10.2. The van der Waals surface area contributed by atoms with E-state index in [0.717, 1.165) is 11.1 Å². The van der Waals surface area contributed by atoms with Gasteiger partial charge in [0, 0.05) is 22.4 Å². The number of hydrogen-bond acceptors (Lipinski definition) is 5. The molecule has 28 heavy (non-hydrogen) atoms. The molecule has 0 fully saturated rings. The number of furan rings is 1. The zero-order valence-corrected chi connectivity index (χ0v) is 16.4. The fraction of sp³-hybridized carbons (Fsp3) is 0.150. The van der Waals surface area contributed by atoms with Gasteiger partial charge in [-0.3, -0.25) is 9.36 Å². The van der Waals surface area contributed by atoms with E-state index in [1.165, 1.54) is 17.4 Å². The van der Waals surface area contributed by atoms with Crippen LogP contribution in [-0.4, -0.2) is 20.6 Å². The molecule has 0 aliphatic carbocycles. The van der Waals surface area contributed by atoms with Gasteiger partial charge in [0.15, 0.2) is 0 Å². The molecule has 0 unspecified atom stereocenters. The number of carboxylic acids is 1. The third-order valence-electron chi connectivity index (χ3n) is 4.43. The van der Waals surface area contributed by atoms with E-state index in [-0.39, 0.29) is 17.9 Å². The lowest BCUT2D eigenvalue weighted by molar-refractivity contribution is 0.0660. The van der Waals surface area contributed by atoms with Crippen molar-refractivity contribution in [2.75, 3.05) is 0 Å². The Morgan fingerprint density at radius 3 is 2.64 bits per heavy atom. The number of carbonyl (C=O) groups is 1. The second kappa shape index (κ2) is 7.26. The number of carboxylic acid groups (broad SMARTS) is 1. The van der Waals surface area contributed by atoms with Crippen molar-refractivity contribution in [1.82, 2.24) is 9.55 Å². The van der Waals surface area contributed by atoms with Gasteiger partial charge in [-0.15, -0.1) is 11.3 Å². The summed E-state index contributed by atoms with van der Waals surface area (Å²) in [5.41, 5.74) is 1.51. The van der Waals surface area contributed by atoms with Gasteiger partial charge in [0.1, 0.15) is 16.4 Å². The Bertz CT molecular complexity index is 1240. The summed E-state index contributed by atoms with van der Waals surface area (Å²) >= 11 is 7.40. The number of benzene rings is 1. The lowest BCUT2D eigenvalue weighted by atomic mass is 10.1. The normalized spacial score (nSPS) is 11.2. The number of rotatable bonds is 5. The van der Waals surface area contributed by atoms with Crippen molar-refractivity contribution in [3.8, 4) is 11.1 Å². The number of thiophene rings is 1. The van der Waals surface area contributed by atoms with Crippen LogP contribution in [0.25, 0.3) is 21.3 Å². The van der Waals surface area contributed by atoms with Crippen LogP contribution in [0.2, 0.25) is 5.02 Å². The average molecular weight is 415 g/mol. The van der Waals surface area contributed by atoms with Gasteiger partial charge in [-0.2, -0.15) is 0 Å². The van der Waals surface area contributed by atoms with Crippen LogP contribution in [0, 0.1) is 0 Å². The highest BCUT2D eigenvalue weighted by atomic mass is 35.5. The van der Waals surface area contributed by atoms with Crippen LogP contribution >= 0.6 is 22.9 Å². The van der Waals surface area contributed by atoms with Crippen LogP contribution < -0.4 is 5.56 Å². The Hall–Kier alpha value is -2.90. The van der Waals surface area contributed by atoms with Gasteiger partial charge < -0.3 is 9.52 Å². The minimum absolute atomic E-state index is 0.119. The monoisotopic (exact) mass is 414 g/mol. The molecule has 0 aliphatic heterocycles. The zero-order valence-electron chi connectivity index (χ0n) is 14.8. The fourth-order valence-corrected chi connectivity index (χ4v) is 4.16. The first kappa shape index (κ1) is 18.5. The Balaban J connectivity index is 1.86. The largest absolute Gasteiger partial charge is 0.475 e. The van der Waals surface area contributed by atoms with Gasteiger partial charge in [0.2, 0.25) is 5.76 Å². The van der Waals surface area contributed by atoms with Crippen molar-refractivity contribution in [3.63, 3.8) is 0 Å².